The van der Waals surface area contributed by atoms with Crippen LogP contribution in [0, 0.1) is 11.8 Å². The summed E-state index contributed by atoms with van der Waals surface area (Å²) in [6.45, 7) is -0.549. The van der Waals surface area contributed by atoms with Crippen LogP contribution in [0.3, 0.4) is 0 Å². The van der Waals surface area contributed by atoms with Gasteiger partial charge in [-0.15, -0.1) is 0 Å². The summed E-state index contributed by atoms with van der Waals surface area (Å²) in [7, 11) is 0. The van der Waals surface area contributed by atoms with E-state index in [0.717, 1.165) is 39.3 Å². The number of hydrogen-bond acceptors (Lipinski definition) is 3. The molecule has 3 aromatic rings. The Morgan fingerprint density at radius 2 is 1.26 bits per heavy atom. The smallest absolute Gasteiger partial charge is 0.325 e. The predicted molar refractivity (Wildman–Crippen MR) is 120 cm³/mol. The van der Waals surface area contributed by atoms with E-state index in [1.54, 1.807) is 0 Å². The number of halogens is 3. The van der Waals surface area contributed by atoms with Crippen molar-refractivity contribution in [2.75, 3.05) is 11.9 Å². The number of anilines is 1. The van der Waals surface area contributed by atoms with Gasteiger partial charge >= 0.3 is 6.18 Å². The molecule has 8 heteroatoms. The maximum atomic E-state index is 13.5. The van der Waals surface area contributed by atoms with E-state index in [1.807, 2.05) is 48.5 Å². The Morgan fingerprint density at radius 1 is 0.771 bits per heavy atom. The molecule has 35 heavy (non-hydrogen) atoms. The first-order valence-electron chi connectivity index (χ1n) is 11.3. The van der Waals surface area contributed by atoms with Gasteiger partial charge in [-0.05, 0) is 40.5 Å². The van der Waals surface area contributed by atoms with Crippen molar-refractivity contribution in [2.45, 2.75) is 18.0 Å². The van der Waals surface area contributed by atoms with Crippen LogP contribution in [0.4, 0.5) is 18.9 Å². The molecule has 0 saturated carbocycles. The zero-order valence-electron chi connectivity index (χ0n) is 18.3. The zero-order valence-corrected chi connectivity index (χ0v) is 18.3. The highest BCUT2D eigenvalue weighted by molar-refractivity contribution is 6.10. The fraction of sp³-hybridized carbons (Fsp3) is 0.222. The number of likely N-dealkylation sites (tertiary alicyclic amines) is 1. The third-order valence-electron chi connectivity index (χ3n) is 7.32. The molecular formula is C27H19F3N2O3. The lowest BCUT2D eigenvalue weighted by Gasteiger charge is -2.45. The molecule has 1 aliphatic heterocycles. The van der Waals surface area contributed by atoms with E-state index < -0.39 is 47.8 Å². The summed E-state index contributed by atoms with van der Waals surface area (Å²) < 4.78 is 39.0. The number of amides is 3. The number of imide groups is 1. The number of nitrogens with zero attached hydrogens (tertiary/aromatic N) is 1. The standard InChI is InChI=1S/C27H19F3N2O3/c28-27(29,30)14-6-5-7-15(12-14)31-20(33)13-32-25(34)23-21-16-8-1-2-9-17(16)22(24(23)26(32)35)19-11-4-3-10-18(19)21/h1-12,21-24H,13H2,(H,31,33)/t21?,22?,23-,24+. The second-order valence-corrected chi connectivity index (χ2v) is 9.15. The van der Waals surface area contributed by atoms with Gasteiger partial charge in [0, 0.05) is 17.5 Å². The molecule has 2 bridgehead atoms. The van der Waals surface area contributed by atoms with Crippen LogP contribution in [0.2, 0.25) is 0 Å². The number of carbonyl (C=O) groups excluding carboxylic acids is 3. The van der Waals surface area contributed by atoms with Gasteiger partial charge in [0.2, 0.25) is 17.7 Å². The Morgan fingerprint density at radius 3 is 1.71 bits per heavy atom. The lowest BCUT2D eigenvalue weighted by Crippen LogP contribution is -2.41. The lowest BCUT2D eigenvalue weighted by molar-refractivity contribution is -0.142. The van der Waals surface area contributed by atoms with E-state index in [9.17, 15) is 27.6 Å². The van der Waals surface area contributed by atoms with Crippen LogP contribution in [0.15, 0.2) is 72.8 Å². The Hall–Kier alpha value is -3.94. The number of rotatable bonds is 3. The average molecular weight is 476 g/mol. The zero-order chi connectivity index (χ0) is 24.5. The van der Waals surface area contributed by atoms with Crippen molar-refractivity contribution < 1.29 is 27.6 Å². The van der Waals surface area contributed by atoms with E-state index in [0.29, 0.717) is 0 Å². The topological polar surface area (TPSA) is 66.5 Å². The van der Waals surface area contributed by atoms with Crippen molar-refractivity contribution in [2.24, 2.45) is 11.8 Å². The summed E-state index contributed by atoms with van der Waals surface area (Å²) in [5.41, 5.74) is 3.13. The van der Waals surface area contributed by atoms with Crippen LogP contribution in [0.5, 0.6) is 0 Å². The fourth-order valence-electron chi connectivity index (χ4n) is 6.01. The Bertz CT molecular complexity index is 1280. The molecule has 5 nitrogen and oxygen atoms in total. The first-order valence-corrected chi connectivity index (χ1v) is 11.3. The second-order valence-electron chi connectivity index (χ2n) is 9.15. The van der Waals surface area contributed by atoms with E-state index in [-0.39, 0.29) is 17.5 Å². The average Bonchev–Trinajstić information content (AvgIpc) is 3.09. The summed E-state index contributed by atoms with van der Waals surface area (Å²) in [6.07, 6.45) is -4.55. The number of nitrogens with one attached hydrogen (secondary N) is 1. The first kappa shape index (κ1) is 21.6. The van der Waals surface area contributed by atoms with Crippen LogP contribution in [0.25, 0.3) is 0 Å². The van der Waals surface area contributed by atoms with Gasteiger partial charge in [-0.1, -0.05) is 54.6 Å². The van der Waals surface area contributed by atoms with Crippen LogP contribution in [0.1, 0.15) is 39.7 Å². The van der Waals surface area contributed by atoms with Gasteiger partial charge in [0.1, 0.15) is 6.54 Å². The molecule has 4 aliphatic rings. The predicted octanol–water partition coefficient (Wildman–Crippen LogP) is 4.54. The fourth-order valence-corrected chi connectivity index (χ4v) is 6.01. The Labute approximate surface area is 198 Å². The van der Waals surface area contributed by atoms with Gasteiger partial charge in [0.15, 0.2) is 0 Å². The molecule has 1 fully saturated rings. The summed E-state index contributed by atoms with van der Waals surface area (Å²) in [5, 5.41) is 2.39. The van der Waals surface area contributed by atoms with Gasteiger partial charge in [-0.2, -0.15) is 13.2 Å². The molecule has 1 N–H and O–H groups in total. The summed E-state index contributed by atoms with van der Waals surface area (Å²) in [6, 6.07) is 19.8. The molecule has 3 aromatic carbocycles. The molecule has 3 amide bonds. The van der Waals surface area contributed by atoms with Gasteiger partial charge in [0.25, 0.3) is 0 Å². The highest BCUT2D eigenvalue weighted by atomic mass is 19.4. The third-order valence-corrected chi connectivity index (χ3v) is 7.32. The van der Waals surface area contributed by atoms with E-state index >= 15 is 0 Å². The normalized spacial score (nSPS) is 24.1. The van der Waals surface area contributed by atoms with Crippen molar-refractivity contribution >= 4 is 23.4 Å². The molecule has 0 radical (unpaired) electrons. The molecule has 0 aromatic heterocycles. The molecule has 3 aliphatic carbocycles. The third kappa shape index (κ3) is 3.20. The van der Waals surface area contributed by atoms with Crippen LogP contribution in [-0.4, -0.2) is 29.2 Å². The first-order chi connectivity index (χ1) is 16.8. The number of carbonyl (C=O) groups is 3. The maximum Gasteiger partial charge on any atom is 0.416 e. The number of benzene rings is 3. The molecule has 2 atom stereocenters. The molecule has 1 heterocycles. The summed E-state index contributed by atoms with van der Waals surface area (Å²) >= 11 is 0. The van der Waals surface area contributed by atoms with Crippen molar-refractivity contribution in [3.8, 4) is 0 Å². The largest absolute Gasteiger partial charge is 0.416 e. The minimum Gasteiger partial charge on any atom is -0.325 e. The summed E-state index contributed by atoms with van der Waals surface area (Å²) in [4.78, 5) is 40.7. The van der Waals surface area contributed by atoms with Gasteiger partial charge in [-0.25, -0.2) is 0 Å². The summed E-state index contributed by atoms with van der Waals surface area (Å²) in [5.74, 6) is -3.36. The highest BCUT2D eigenvalue weighted by Crippen LogP contribution is 2.60. The molecule has 176 valence electrons. The van der Waals surface area contributed by atoms with Crippen LogP contribution >= 0.6 is 0 Å². The SMILES string of the molecule is O=C(CN1C(=O)[C@@H]2C3c4ccccc4C(c4ccccc43)[C@@H]2C1=O)Nc1cccc(C(F)(F)F)c1. The number of alkyl halides is 3. The molecule has 0 spiro atoms. The van der Waals surface area contributed by atoms with Crippen LogP contribution in [-0.2, 0) is 20.6 Å². The minimum atomic E-state index is -4.55. The Balaban J connectivity index is 1.30. The van der Waals surface area contributed by atoms with Gasteiger partial charge < -0.3 is 5.32 Å². The van der Waals surface area contributed by atoms with Gasteiger partial charge in [0.05, 0.1) is 17.4 Å². The monoisotopic (exact) mass is 476 g/mol. The quantitative estimate of drug-likeness (QED) is 0.565. The lowest BCUT2D eigenvalue weighted by atomic mass is 9.55. The van der Waals surface area contributed by atoms with Crippen molar-refractivity contribution in [1.82, 2.24) is 4.90 Å². The molecule has 1 saturated heterocycles. The van der Waals surface area contributed by atoms with E-state index in [1.165, 1.54) is 12.1 Å². The number of hydrogen-bond donors (Lipinski definition) is 1. The van der Waals surface area contributed by atoms with E-state index in [4.69, 9.17) is 0 Å². The molecule has 0 unspecified atom stereocenters. The second kappa shape index (κ2) is 7.53. The van der Waals surface area contributed by atoms with Crippen molar-refractivity contribution in [3.63, 3.8) is 0 Å². The maximum absolute atomic E-state index is 13.5. The van der Waals surface area contributed by atoms with Crippen molar-refractivity contribution in [3.05, 3.63) is 101 Å². The highest BCUT2D eigenvalue weighted by Gasteiger charge is 2.61. The minimum absolute atomic E-state index is 0.0544. The van der Waals surface area contributed by atoms with E-state index in [2.05, 4.69) is 5.32 Å². The molecule has 7 rings (SSSR count). The Kier molecular flexibility index (Phi) is 4.64. The molecular weight excluding hydrogens is 457 g/mol. The van der Waals surface area contributed by atoms with Crippen LogP contribution < -0.4 is 5.32 Å². The van der Waals surface area contributed by atoms with Gasteiger partial charge in [-0.3, -0.25) is 19.3 Å². The van der Waals surface area contributed by atoms with Crippen molar-refractivity contribution in [1.29, 1.82) is 0 Å².